The van der Waals surface area contributed by atoms with E-state index in [-0.39, 0.29) is 18.0 Å². The van der Waals surface area contributed by atoms with E-state index >= 15 is 0 Å². The lowest BCUT2D eigenvalue weighted by molar-refractivity contribution is -0.143. The largest absolute Gasteiger partial charge is 0.416 e. The van der Waals surface area contributed by atoms with E-state index in [2.05, 4.69) is 26.2 Å². The molecule has 0 radical (unpaired) electrons. The Morgan fingerprint density at radius 2 is 1.58 bits per heavy atom. The van der Waals surface area contributed by atoms with Crippen molar-refractivity contribution in [2.45, 2.75) is 33.1 Å². The maximum Gasteiger partial charge on any atom is 0.416 e. The fourth-order valence-corrected chi connectivity index (χ4v) is 1.66. The zero-order chi connectivity index (χ0) is 26.1. The highest BCUT2D eigenvalue weighted by Gasteiger charge is 2.37. The second-order valence-corrected chi connectivity index (χ2v) is 5.16. The first-order valence-electron chi connectivity index (χ1n) is 9.00. The predicted octanol–water partition coefficient (Wildman–Crippen LogP) is 3.37. The van der Waals surface area contributed by atoms with Crippen LogP contribution in [0.5, 0.6) is 0 Å². The molecule has 0 aliphatic heterocycles. The number of amidine groups is 1. The minimum atomic E-state index is -4.92. The van der Waals surface area contributed by atoms with Crippen LogP contribution in [-0.2, 0) is 17.1 Å². The number of nitrogens with zero attached hydrogens (tertiary/aromatic N) is 2. The van der Waals surface area contributed by atoms with Crippen LogP contribution in [0.1, 0.15) is 37.5 Å². The molecule has 0 saturated heterocycles. The van der Waals surface area contributed by atoms with Gasteiger partial charge in [-0.05, 0) is 25.1 Å². The van der Waals surface area contributed by atoms with Gasteiger partial charge in [0.25, 0.3) is 5.56 Å². The fourth-order valence-electron chi connectivity index (χ4n) is 1.66. The van der Waals surface area contributed by atoms with E-state index in [0.29, 0.717) is 12.1 Å². The van der Waals surface area contributed by atoms with Gasteiger partial charge in [-0.3, -0.25) is 20.0 Å². The summed E-state index contributed by atoms with van der Waals surface area (Å²) in [5.41, 5.74) is 8.28. The molecule has 2 aromatic rings. The smallest absolute Gasteiger partial charge is 0.382 e. The highest BCUT2D eigenvalue weighted by atomic mass is 19.4. The van der Waals surface area contributed by atoms with Crippen molar-refractivity contribution in [3.8, 4) is 0 Å². The normalized spacial score (nSPS) is 11.1. The van der Waals surface area contributed by atoms with E-state index in [0.717, 1.165) is 0 Å². The lowest BCUT2D eigenvalue weighted by Crippen LogP contribution is -2.20. The van der Waals surface area contributed by atoms with Crippen molar-refractivity contribution in [1.82, 2.24) is 15.4 Å². The average molecular weight is 482 g/mol. The molecule has 1 amide bonds. The maximum absolute atomic E-state index is 12.6. The topological polar surface area (TPSA) is 139 Å². The number of hydrogen-bond donors (Lipinski definition) is 4. The third-order valence-electron chi connectivity index (χ3n) is 2.89. The lowest BCUT2D eigenvalue weighted by atomic mass is 10.0. The van der Waals surface area contributed by atoms with Gasteiger partial charge in [0.2, 0.25) is 6.41 Å². The Kier molecular flexibility index (Phi) is 15.1. The van der Waals surface area contributed by atoms with Gasteiger partial charge < -0.3 is 16.5 Å². The van der Waals surface area contributed by atoms with E-state index in [1.165, 1.54) is 30.9 Å². The van der Waals surface area contributed by atoms with Crippen molar-refractivity contribution in [3.63, 3.8) is 0 Å². The molecule has 0 aliphatic rings. The Labute approximate surface area is 185 Å². The number of primary amides is 1. The monoisotopic (exact) mass is 482 g/mol. The first-order chi connectivity index (χ1) is 15.4. The summed E-state index contributed by atoms with van der Waals surface area (Å²) in [6.45, 7) is 5.63. The van der Waals surface area contributed by atoms with Crippen LogP contribution >= 0.6 is 0 Å². The van der Waals surface area contributed by atoms with E-state index in [1.54, 1.807) is 6.92 Å². The summed E-state index contributed by atoms with van der Waals surface area (Å²) in [5, 5.41) is 3.45. The van der Waals surface area contributed by atoms with Crippen LogP contribution in [0.25, 0.3) is 0 Å². The van der Waals surface area contributed by atoms with Crippen molar-refractivity contribution in [3.05, 3.63) is 76.1 Å². The molecule has 8 nitrogen and oxygen atoms in total. The van der Waals surface area contributed by atoms with Crippen LogP contribution in [0, 0.1) is 0 Å². The van der Waals surface area contributed by atoms with Gasteiger partial charge >= 0.3 is 12.4 Å². The van der Waals surface area contributed by atoms with E-state index < -0.39 is 34.9 Å². The SMILES string of the molecule is C/C=C\N/N=C(\N)c1cc(C(F)(F)F)cc(C(F)(F)F)c1.CC.NC=O.O=c1cncc[nH]1. The van der Waals surface area contributed by atoms with E-state index in [1.807, 2.05) is 13.8 Å². The number of allylic oxidation sites excluding steroid dienone is 1. The summed E-state index contributed by atoms with van der Waals surface area (Å²) in [6.07, 6.45) is -2.54. The van der Waals surface area contributed by atoms with Crippen molar-refractivity contribution in [2.24, 2.45) is 16.6 Å². The van der Waals surface area contributed by atoms with Crippen molar-refractivity contribution in [1.29, 1.82) is 0 Å². The molecule has 1 aromatic heterocycles. The molecule has 0 unspecified atom stereocenters. The first-order valence-corrected chi connectivity index (χ1v) is 9.00. The number of aromatic amines is 1. The van der Waals surface area contributed by atoms with Crippen LogP contribution in [0.4, 0.5) is 26.3 Å². The Hall–Kier alpha value is -3.84. The van der Waals surface area contributed by atoms with Crippen LogP contribution in [0.3, 0.4) is 0 Å². The summed E-state index contributed by atoms with van der Waals surface area (Å²) in [5.74, 6) is -0.496. The molecule has 0 fully saturated rings. The number of nitrogens with two attached hydrogens (primary N) is 2. The molecule has 1 heterocycles. The van der Waals surface area contributed by atoms with Crippen molar-refractivity contribution >= 4 is 12.2 Å². The first kappa shape index (κ1) is 31.3. The van der Waals surface area contributed by atoms with Gasteiger partial charge in [0.05, 0.1) is 17.3 Å². The van der Waals surface area contributed by atoms with Gasteiger partial charge in [0.15, 0.2) is 5.84 Å². The summed E-state index contributed by atoms with van der Waals surface area (Å²) >= 11 is 0. The Morgan fingerprint density at radius 1 is 1.09 bits per heavy atom. The number of amides is 1. The maximum atomic E-state index is 12.6. The molecule has 0 spiro atoms. The Bertz CT molecular complexity index is 890. The van der Waals surface area contributed by atoms with Crippen LogP contribution in [0.15, 0.2) is 59.0 Å². The minimum absolute atomic E-state index is 0.0240. The second-order valence-electron chi connectivity index (χ2n) is 5.16. The summed E-state index contributed by atoms with van der Waals surface area (Å²) in [4.78, 5) is 24.7. The fraction of sp³-hybridized carbons (Fsp3) is 0.263. The number of rotatable bonds is 3. The van der Waals surface area contributed by atoms with Crippen LogP contribution in [0.2, 0.25) is 0 Å². The minimum Gasteiger partial charge on any atom is -0.382 e. The molecule has 184 valence electrons. The number of carbonyl (C=O) groups excluding carboxylic acids is 1. The highest BCUT2D eigenvalue weighted by Crippen LogP contribution is 2.36. The molecule has 0 saturated carbocycles. The quantitative estimate of drug-likeness (QED) is 0.175. The van der Waals surface area contributed by atoms with E-state index in [9.17, 15) is 31.1 Å². The highest BCUT2D eigenvalue weighted by molar-refractivity contribution is 5.97. The second kappa shape index (κ2) is 15.9. The summed E-state index contributed by atoms with van der Waals surface area (Å²) in [6, 6.07) is 1.03. The standard InChI is InChI=1S/C12H11F6N3.C4H4N2O.C2H6.CH3NO/c1-2-3-20-21-10(19)7-4-8(11(13,14)15)6-9(5-7)12(16,17)18;7-4-3-5-1-2-6-4;1-2;2-1-3/h2-6,20H,1H3,(H2,19,21);1-3H,(H,6,7);1-2H3;1H,(H2,2,3)/b3-2-;;;. The van der Waals surface area contributed by atoms with Crippen molar-refractivity contribution in [2.75, 3.05) is 0 Å². The number of carbonyl (C=O) groups is 1. The number of aromatic nitrogens is 2. The molecule has 33 heavy (non-hydrogen) atoms. The number of H-pyrrole nitrogens is 1. The zero-order valence-electron chi connectivity index (χ0n) is 17.8. The molecule has 0 aliphatic carbocycles. The zero-order valence-corrected chi connectivity index (χ0v) is 17.8. The average Bonchev–Trinajstić information content (AvgIpc) is 2.75. The summed E-state index contributed by atoms with van der Waals surface area (Å²) < 4.78 is 75.8. The molecule has 1 aromatic carbocycles. The third-order valence-corrected chi connectivity index (χ3v) is 2.89. The molecule has 2 rings (SSSR count). The molecular formula is C19H24F6N6O2. The van der Waals surface area contributed by atoms with Crippen molar-refractivity contribution < 1.29 is 31.1 Å². The number of nitrogens with one attached hydrogen (secondary N) is 2. The van der Waals surface area contributed by atoms with E-state index in [4.69, 9.17) is 10.5 Å². The van der Waals surface area contributed by atoms with Gasteiger partial charge in [-0.15, -0.1) is 0 Å². The number of benzene rings is 1. The number of hydrogen-bond acceptors (Lipinski definition) is 5. The third kappa shape index (κ3) is 14.0. The van der Waals surface area contributed by atoms with Gasteiger partial charge in [-0.25, -0.2) is 0 Å². The van der Waals surface area contributed by atoms with Crippen LogP contribution < -0.4 is 22.5 Å². The molecule has 14 heteroatoms. The number of halogens is 6. The van der Waals surface area contributed by atoms with Gasteiger partial charge in [-0.2, -0.15) is 31.4 Å². The lowest BCUT2D eigenvalue weighted by Gasteiger charge is -2.13. The molecule has 6 N–H and O–H groups in total. The van der Waals surface area contributed by atoms with Gasteiger partial charge in [0.1, 0.15) is 0 Å². The molecule has 0 bridgehead atoms. The Morgan fingerprint density at radius 3 is 1.88 bits per heavy atom. The van der Waals surface area contributed by atoms with Gasteiger partial charge in [0, 0.05) is 24.2 Å². The molecular weight excluding hydrogens is 458 g/mol. The van der Waals surface area contributed by atoms with Gasteiger partial charge in [-0.1, -0.05) is 19.9 Å². The molecule has 0 atom stereocenters. The summed E-state index contributed by atoms with van der Waals surface area (Å²) in [7, 11) is 0. The predicted molar refractivity (Wildman–Crippen MR) is 112 cm³/mol. The van der Waals surface area contributed by atoms with Crippen LogP contribution in [-0.4, -0.2) is 22.2 Å². The number of hydrazone groups is 1. The number of alkyl halides is 6. The Balaban J connectivity index is 0.